The van der Waals surface area contributed by atoms with Crippen molar-refractivity contribution in [3.05, 3.63) is 101 Å². The van der Waals surface area contributed by atoms with Crippen LogP contribution >= 0.6 is 0 Å². The quantitative estimate of drug-likeness (QED) is 0.485. The fourth-order valence-electron chi connectivity index (χ4n) is 5.46. The smallest absolute Gasteiger partial charge is 0.231 e. The van der Waals surface area contributed by atoms with Gasteiger partial charge >= 0.3 is 0 Å². The van der Waals surface area contributed by atoms with Gasteiger partial charge in [-0.3, -0.25) is 14.5 Å². The minimum atomic E-state index is -0.690. The Bertz CT molecular complexity index is 1380. The SMILES string of the molecule is COc1ccc(C2CC(=O)C3=C(C2)Nc2ccccc2N(C(=O)C2CC2)C3c2cccc(F)c2)cc1. The van der Waals surface area contributed by atoms with Crippen molar-refractivity contribution >= 4 is 23.1 Å². The van der Waals surface area contributed by atoms with E-state index in [1.54, 1.807) is 18.1 Å². The van der Waals surface area contributed by atoms with Crippen LogP contribution in [0, 0.1) is 11.7 Å². The van der Waals surface area contributed by atoms with E-state index in [9.17, 15) is 14.0 Å². The molecule has 2 aliphatic carbocycles. The lowest BCUT2D eigenvalue weighted by Crippen LogP contribution is -2.39. The summed E-state index contributed by atoms with van der Waals surface area (Å²) in [6, 6.07) is 21.0. The minimum absolute atomic E-state index is 0.0133. The Morgan fingerprint density at radius 2 is 1.75 bits per heavy atom. The lowest BCUT2D eigenvalue weighted by molar-refractivity contribution is -0.120. The predicted molar refractivity (Wildman–Crippen MR) is 136 cm³/mol. The number of benzene rings is 3. The van der Waals surface area contributed by atoms with E-state index < -0.39 is 11.9 Å². The van der Waals surface area contributed by atoms with E-state index in [2.05, 4.69) is 5.32 Å². The fourth-order valence-corrected chi connectivity index (χ4v) is 5.46. The van der Waals surface area contributed by atoms with Gasteiger partial charge < -0.3 is 10.1 Å². The maximum atomic E-state index is 14.5. The van der Waals surface area contributed by atoms with Crippen LogP contribution in [-0.2, 0) is 9.59 Å². The van der Waals surface area contributed by atoms with Crippen molar-refractivity contribution in [2.24, 2.45) is 5.92 Å². The first kappa shape index (κ1) is 22.5. The molecule has 1 amide bonds. The number of ether oxygens (including phenoxy) is 1. The van der Waals surface area contributed by atoms with Gasteiger partial charge in [0.25, 0.3) is 0 Å². The number of fused-ring (bicyclic) bond motifs is 1. The highest BCUT2D eigenvalue weighted by Crippen LogP contribution is 2.49. The van der Waals surface area contributed by atoms with Gasteiger partial charge in [0.1, 0.15) is 11.6 Å². The number of methoxy groups -OCH3 is 1. The molecular formula is C30H27FN2O3. The van der Waals surface area contributed by atoms with E-state index in [0.717, 1.165) is 35.5 Å². The van der Waals surface area contributed by atoms with Gasteiger partial charge in [0.15, 0.2) is 5.78 Å². The number of ketones is 1. The van der Waals surface area contributed by atoms with E-state index in [1.807, 2.05) is 54.6 Å². The van der Waals surface area contributed by atoms with Gasteiger partial charge in [-0.1, -0.05) is 36.4 Å². The summed E-state index contributed by atoms with van der Waals surface area (Å²) in [7, 11) is 1.63. The van der Waals surface area contributed by atoms with Gasteiger partial charge in [0.2, 0.25) is 5.91 Å². The summed E-state index contributed by atoms with van der Waals surface area (Å²) in [5, 5.41) is 3.52. The molecule has 6 heteroatoms. The van der Waals surface area contributed by atoms with Crippen molar-refractivity contribution in [2.75, 3.05) is 17.3 Å². The summed E-state index contributed by atoms with van der Waals surface area (Å²) < 4.78 is 19.7. The van der Waals surface area contributed by atoms with E-state index >= 15 is 0 Å². The molecule has 3 aromatic carbocycles. The van der Waals surface area contributed by atoms with Crippen LogP contribution in [0.5, 0.6) is 5.75 Å². The Morgan fingerprint density at radius 3 is 2.47 bits per heavy atom. The van der Waals surface area contributed by atoms with E-state index in [0.29, 0.717) is 29.7 Å². The van der Waals surface area contributed by atoms with Crippen LogP contribution < -0.4 is 15.0 Å². The van der Waals surface area contributed by atoms with Crippen molar-refractivity contribution in [3.8, 4) is 5.75 Å². The summed E-state index contributed by atoms with van der Waals surface area (Å²) in [6.07, 6.45) is 2.60. The molecule has 0 aromatic heterocycles. The van der Waals surface area contributed by atoms with Crippen LogP contribution in [0.4, 0.5) is 15.8 Å². The number of carbonyl (C=O) groups excluding carboxylic acids is 2. The molecule has 6 rings (SSSR count). The monoisotopic (exact) mass is 482 g/mol. The van der Waals surface area contributed by atoms with Gasteiger partial charge in [0, 0.05) is 23.6 Å². The highest BCUT2D eigenvalue weighted by atomic mass is 19.1. The largest absolute Gasteiger partial charge is 0.497 e. The number of anilines is 2. The number of hydrogen-bond acceptors (Lipinski definition) is 4. The Labute approximate surface area is 209 Å². The van der Waals surface area contributed by atoms with Crippen LogP contribution in [0.3, 0.4) is 0 Å². The molecule has 182 valence electrons. The number of Topliss-reactive ketones (excluding diaryl/α,β-unsaturated/α-hetero) is 1. The zero-order valence-corrected chi connectivity index (χ0v) is 20.0. The molecule has 36 heavy (non-hydrogen) atoms. The Hall–Kier alpha value is -3.93. The number of amides is 1. The molecule has 0 bridgehead atoms. The molecular weight excluding hydrogens is 455 g/mol. The molecule has 2 unspecified atom stereocenters. The number of carbonyl (C=O) groups is 2. The second-order valence-corrected chi connectivity index (χ2v) is 9.78. The summed E-state index contributed by atoms with van der Waals surface area (Å²) in [5.74, 6) is 0.251. The molecule has 1 fully saturated rings. The van der Waals surface area contributed by atoms with Gasteiger partial charge in [-0.15, -0.1) is 0 Å². The fraction of sp³-hybridized carbons (Fsp3) is 0.267. The first-order valence-corrected chi connectivity index (χ1v) is 12.4. The van der Waals surface area contributed by atoms with Crippen molar-refractivity contribution in [2.45, 2.75) is 37.6 Å². The average molecular weight is 483 g/mol. The van der Waals surface area contributed by atoms with Gasteiger partial charge in [-0.25, -0.2) is 4.39 Å². The number of hydrogen-bond donors (Lipinski definition) is 1. The highest BCUT2D eigenvalue weighted by Gasteiger charge is 2.45. The van der Waals surface area contributed by atoms with Crippen molar-refractivity contribution in [3.63, 3.8) is 0 Å². The second kappa shape index (κ2) is 8.94. The molecule has 0 spiro atoms. The van der Waals surface area contributed by atoms with Crippen molar-refractivity contribution < 1.29 is 18.7 Å². The number of nitrogens with zero attached hydrogens (tertiary/aromatic N) is 1. The zero-order chi connectivity index (χ0) is 24.8. The number of rotatable bonds is 4. The average Bonchev–Trinajstić information content (AvgIpc) is 3.74. The van der Waals surface area contributed by atoms with Crippen molar-refractivity contribution in [1.82, 2.24) is 0 Å². The zero-order valence-electron chi connectivity index (χ0n) is 20.0. The third-order valence-electron chi connectivity index (χ3n) is 7.40. The van der Waals surface area contributed by atoms with Gasteiger partial charge in [-0.05, 0) is 72.7 Å². The lowest BCUT2D eigenvalue weighted by atomic mass is 9.78. The maximum Gasteiger partial charge on any atom is 0.231 e. The summed E-state index contributed by atoms with van der Waals surface area (Å²) >= 11 is 0. The van der Waals surface area contributed by atoms with Gasteiger partial charge in [-0.2, -0.15) is 0 Å². The normalized spacial score (nSPS) is 21.3. The van der Waals surface area contributed by atoms with E-state index in [1.165, 1.54) is 12.1 Å². The molecule has 3 aromatic rings. The van der Waals surface area contributed by atoms with Crippen LogP contribution in [-0.4, -0.2) is 18.8 Å². The summed E-state index contributed by atoms with van der Waals surface area (Å²) in [5.41, 5.74) is 4.50. The van der Waals surface area contributed by atoms with E-state index in [-0.39, 0.29) is 23.5 Å². The number of allylic oxidation sites excluding steroid dienone is 1. The first-order chi connectivity index (χ1) is 17.5. The molecule has 0 saturated heterocycles. The van der Waals surface area contributed by atoms with Crippen LogP contribution in [0.2, 0.25) is 0 Å². The number of para-hydroxylation sites is 2. The van der Waals surface area contributed by atoms with Crippen LogP contribution in [0.15, 0.2) is 84.1 Å². The van der Waals surface area contributed by atoms with Crippen molar-refractivity contribution in [1.29, 1.82) is 0 Å². The molecule has 1 heterocycles. The molecule has 1 saturated carbocycles. The first-order valence-electron chi connectivity index (χ1n) is 12.4. The third kappa shape index (κ3) is 3.96. The molecule has 1 N–H and O–H groups in total. The Morgan fingerprint density at radius 1 is 0.972 bits per heavy atom. The highest BCUT2D eigenvalue weighted by molar-refractivity contribution is 6.07. The van der Waals surface area contributed by atoms with E-state index in [4.69, 9.17) is 4.74 Å². The topological polar surface area (TPSA) is 58.6 Å². The predicted octanol–water partition coefficient (Wildman–Crippen LogP) is 6.14. The van der Waals surface area contributed by atoms with Gasteiger partial charge in [0.05, 0.1) is 24.5 Å². The Balaban J connectivity index is 1.51. The molecule has 1 aliphatic heterocycles. The Kier molecular flexibility index (Phi) is 5.59. The summed E-state index contributed by atoms with van der Waals surface area (Å²) in [4.78, 5) is 29.4. The molecule has 5 nitrogen and oxygen atoms in total. The third-order valence-corrected chi connectivity index (χ3v) is 7.40. The minimum Gasteiger partial charge on any atom is -0.497 e. The molecule has 0 radical (unpaired) electrons. The number of halogens is 1. The maximum absolute atomic E-state index is 14.5. The van der Waals surface area contributed by atoms with Crippen LogP contribution in [0.25, 0.3) is 0 Å². The lowest BCUT2D eigenvalue weighted by Gasteiger charge is -2.35. The van der Waals surface area contributed by atoms with Crippen LogP contribution in [0.1, 0.15) is 48.8 Å². The molecule has 3 aliphatic rings. The number of nitrogens with one attached hydrogen (secondary N) is 1. The standard InChI is InChI=1S/C30H27FN2O3/c1-36-23-13-11-18(12-14-23)21-16-25-28(27(34)17-21)29(20-5-4-6-22(31)15-20)33(30(35)19-9-10-19)26-8-3-2-7-24(26)32-25/h2-8,11-15,19,21,29,32H,9-10,16-17H2,1H3. The molecule has 2 atom stereocenters. The summed E-state index contributed by atoms with van der Waals surface area (Å²) in [6.45, 7) is 0. The second-order valence-electron chi connectivity index (χ2n) is 9.78.